The van der Waals surface area contributed by atoms with Crippen molar-refractivity contribution in [2.75, 3.05) is 5.75 Å². The summed E-state index contributed by atoms with van der Waals surface area (Å²) < 4.78 is 0. The molecule has 2 aliphatic carbocycles. The highest BCUT2D eigenvalue weighted by molar-refractivity contribution is 7.99. The predicted molar refractivity (Wildman–Crippen MR) is 82.3 cm³/mol. The Balaban J connectivity index is 1.87. The summed E-state index contributed by atoms with van der Waals surface area (Å²) >= 11 is 2.05. The Morgan fingerprint density at radius 2 is 2.16 bits per heavy atom. The lowest BCUT2D eigenvalue weighted by Gasteiger charge is -2.39. The van der Waals surface area contributed by atoms with Crippen LogP contribution in [0.15, 0.2) is 0 Å². The van der Waals surface area contributed by atoms with E-state index in [2.05, 4.69) is 19.2 Å². The predicted octanol–water partition coefficient (Wildman–Crippen LogP) is 2.68. The van der Waals surface area contributed by atoms with Crippen molar-refractivity contribution in [3.8, 4) is 0 Å². The van der Waals surface area contributed by atoms with E-state index in [0.717, 1.165) is 25.2 Å². The van der Waals surface area contributed by atoms with Crippen LogP contribution in [-0.4, -0.2) is 28.5 Å². The van der Waals surface area contributed by atoms with E-state index in [-0.39, 0.29) is 5.91 Å². The van der Waals surface area contributed by atoms with Crippen LogP contribution in [0.4, 0.5) is 0 Å². The number of nitrogens with one attached hydrogen (secondary N) is 1. The first kappa shape index (κ1) is 15.2. The molecule has 2 fully saturated rings. The van der Waals surface area contributed by atoms with E-state index in [1.54, 1.807) is 0 Å². The molecule has 0 heterocycles. The highest BCUT2D eigenvalue weighted by Gasteiger charge is 2.44. The highest BCUT2D eigenvalue weighted by atomic mass is 32.2. The van der Waals surface area contributed by atoms with Crippen LogP contribution < -0.4 is 11.1 Å². The number of primary amides is 1. The molecule has 0 aromatic heterocycles. The molecular weight excluding hydrogens is 256 g/mol. The van der Waals surface area contributed by atoms with Crippen molar-refractivity contribution in [1.29, 1.82) is 0 Å². The summed E-state index contributed by atoms with van der Waals surface area (Å²) in [5.41, 5.74) is 5.30. The van der Waals surface area contributed by atoms with Crippen molar-refractivity contribution < 1.29 is 4.79 Å². The zero-order chi connectivity index (χ0) is 13.9. The third-order valence-corrected chi connectivity index (χ3v) is 5.63. The van der Waals surface area contributed by atoms with Gasteiger partial charge < -0.3 is 11.1 Å². The lowest BCUT2D eigenvalue weighted by Crippen LogP contribution is -2.59. The molecule has 0 radical (unpaired) electrons. The fourth-order valence-corrected chi connectivity index (χ4v) is 4.56. The van der Waals surface area contributed by atoms with Gasteiger partial charge in [-0.15, -0.1) is 0 Å². The van der Waals surface area contributed by atoms with E-state index < -0.39 is 5.54 Å². The molecule has 0 aromatic carbocycles. The summed E-state index contributed by atoms with van der Waals surface area (Å²) in [5.74, 6) is 1.84. The number of hydrogen-bond acceptors (Lipinski definition) is 3. The standard InChI is InChI=1S/C15H28N2OS/c1-11(2)7-9-19-13-4-3-8-15(10-13,14(16)18)17-12-5-6-12/h11-13,17H,3-10H2,1-2H3,(H2,16,18). The number of carbonyl (C=O) groups excluding carboxylic acids is 1. The molecular formula is C15H28N2OS. The van der Waals surface area contributed by atoms with Gasteiger partial charge in [0.15, 0.2) is 0 Å². The SMILES string of the molecule is CC(C)CCSC1CCCC(NC2CC2)(C(N)=O)C1. The molecule has 2 saturated carbocycles. The summed E-state index contributed by atoms with van der Waals surface area (Å²) in [4.78, 5) is 11.9. The van der Waals surface area contributed by atoms with Gasteiger partial charge in [0.1, 0.15) is 0 Å². The minimum Gasteiger partial charge on any atom is -0.368 e. The zero-order valence-electron chi connectivity index (χ0n) is 12.3. The topological polar surface area (TPSA) is 55.1 Å². The number of hydrogen-bond donors (Lipinski definition) is 2. The number of thioether (sulfide) groups is 1. The first-order valence-electron chi connectivity index (χ1n) is 7.71. The number of carbonyl (C=O) groups is 1. The molecule has 0 saturated heterocycles. The summed E-state index contributed by atoms with van der Waals surface area (Å²) in [7, 11) is 0. The van der Waals surface area contributed by atoms with Crippen LogP contribution in [0.1, 0.15) is 58.8 Å². The average molecular weight is 284 g/mol. The summed E-state index contributed by atoms with van der Waals surface area (Å²) in [6.07, 6.45) is 7.91. The summed E-state index contributed by atoms with van der Waals surface area (Å²) in [6.45, 7) is 4.54. The largest absolute Gasteiger partial charge is 0.368 e. The van der Waals surface area contributed by atoms with Crippen LogP contribution >= 0.6 is 11.8 Å². The van der Waals surface area contributed by atoms with Crippen LogP contribution in [0.2, 0.25) is 0 Å². The normalized spacial score (nSPS) is 31.6. The van der Waals surface area contributed by atoms with Crippen molar-refractivity contribution in [3.63, 3.8) is 0 Å². The second-order valence-electron chi connectivity index (χ2n) is 6.64. The van der Waals surface area contributed by atoms with Gasteiger partial charge in [0.2, 0.25) is 5.91 Å². The maximum Gasteiger partial charge on any atom is 0.237 e. The summed E-state index contributed by atoms with van der Waals surface area (Å²) in [5, 5.41) is 4.15. The van der Waals surface area contributed by atoms with Crippen molar-refractivity contribution in [2.24, 2.45) is 11.7 Å². The van der Waals surface area contributed by atoms with Crippen molar-refractivity contribution >= 4 is 17.7 Å². The molecule has 110 valence electrons. The molecule has 0 spiro atoms. The Bertz CT molecular complexity index is 317. The molecule has 2 atom stereocenters. The van der Waals surface area contributed by atoms with Gasteiger partial charge in [0, 0.05) is 11.3 Å². The molecule has 2 unspecified atom stereocenters. The van der Waals surface area contributed by atoms with Crippen molar-refractivity contribution in [1.82, 2.24) is 5.32 Å². The van der Waals surface area contributed by atoms with Crippen molar-refractivity contribution in [2.45, 2.75) is 75.6 Å². The van der Waals surface area contributed by atoms with Gasteiger partial charge in [0.25, 0.3) is 0 Å². The molecule has 3 N–H and O–H groups in total. The Hall–Kier alpha value is -0.220. The van der Waals surface area contributed by atoms with Crippen LogP contribution in [0.5, 0.6) is 0 Å². The molecule has 19 heavy (non-hydrogen) atoms. The van der Waals surface area contributed by atoms with Crippen LogP contribution in [0.25, 0.3) is 0 Å². The van der Waals surface area contributed by atoms with E-state index in [9.17, 15) is 4.79 Å². The van der Waals surface area contributed by atoms with Crippen LogP contribution in [0.3, 0.4) is 0 Å². The molecule has 3 nitrogen and oxygen atoms in total. The highest BCUT2D eigenvalue weighted by Crippen LogP contribution is 2.37. The smallest absolute Gasteiger partial charge is 0.237 e. The van der Waals surface area contributed by atoms with Gasteiger partial charge >= 0.3 is 0 Å². The Morgan fingerprint density at radius 3 is 2.74 bits per heavy atom. The molecule has 1 amide bonds. The van der Waals surface area contributed by atoms with Gasteiger partial charge in [-0.25, -0.2) is 0 Å². The molecule has 2 rings (SSSR count). The minimum atomic E-state index is -0.408. The molecule has 2 aliphatic rings. The van der Waals surface area contributed by atoms with Crippen molar-refractivity contribution in [3.05, 3.63) is 0 Å². The van der Waals surface area contributed by atoms with Gasteiger partial charge in [-0.3, -0.25) is 4.79 Å². The Labute approximate surface area is 121 Å². The van der Waals surface area contributed by atoms with E-state index in [1.807, 2.05) is 11.8 Å². The van der Waals surface area contributed by atoms with Crippen LogP contribution in [-0.2, 0) is 4.79 Å². The molecule has 0 aliphatic heterocycles. The van der Waals surface area contributed by atoms with E-state index in [0.29, 0.717) is 11.3 Å². The average Bonchev–Trinajstić information content (AvgIpc) is 3.12. The number of rotatable bonds is 7. The fourth-order valence-electron chi connectivity index (χ4n) is 2.88. The lowest BCUT2D eigenvalue weighted by atomic mass is 9.80. The van der Waals surface area contributed by atoms with E-state index >= 15 is 0 Å². The minimum absolute atomic E-state index is 0.131. The quantitative estimate of drug-likeness (QED) is 0.756. The Kier molecular flexibility index (Phi) is 5.18. The number of nitrogens with two attached hydrogens (primary N) is 1. The maximum atomic E-state index is 11.9. The van der Waals surface area contributed by atoms with Gasteiger partial charge in [-0.2, -0.15) is 11.8 Å². The zero-order valence-corrected chi connectivity index (χ0v) is 13.1. The first-order chi connectivity index (χ1) is 9.02. The first-order valence-corrected chi connectivity index (χ1v) is 8.76. The maximum absolute atomic E-state index is 11.9. The lowest BCUT2D eigenvalue weighted by molar-refractivity contribution is -0.125. The number of amides is 1. The van der Waals surface area contributed by atoms with Crippen LogP contribution in [0, 0.1) is 5.92 Å². The Morgan fingerprint density at radius 1 is 1.42 bits per heavy atom. The third kappa shape index (κ3) is 4.38. The monoisotopic (exact) mass is 284 g/mol. The molecule has 0 bridgehead atoms. The van der Waals surface area contributed by atoms with Gasteiger partial charge in [0.05, 0.1) is 5.54 Å². The second kappa shape index (κ2) is 6.49. The fraction of sp³-hybridized carbons (Fsp3) is 0.933. The third-order valence-electron chi connectivity index (χ3n) is 4.28. The van der Waals surface area contributed by atoms with Gasteiger partial charge in [-0.05, 0) is 56.6 Å². The molecule has 0 aromatic rings. The summed E-state index contributed by atoms with van der Waals surface area (Å²) in [6, 6.07) is 0.548. The van der Waals surface area contributed by atoms with Gasteiger partial charge in [-0.1, -0.05) is 13.8 Å². The van der Waals surface area contributed by atoms with E-state index in [1.165, 1.54) is 31.4 Å². The molecule has 4 heteroatoms. The van der Waals surface area contributed by atoms with E-state index in [4.69, 9.17) is 5.73 Å². The second-order valence-corrected chi connectivity index (χ2v) is 8.04.